The van der Waals surface area contributed by atoms with Gasteiger partial charge in [0.25, 0.3) is 0 Å². The lowest BCUT2D eigenvalue weighted by molar-refractivity contribution is -0.135. The number of fused-ring (bicyclic) bond motifs is 5. The van der Waals surface area contributed by atoms with Gasteiger partial charge in [-0.15, -0.1) is 12.3 Å². The molecule has 9 atom stereocenters. The summed E-state index contributed by atoms with van der Waals surface area (Å²) in [6.07, 6.45) is 23.5. The highest BCUT2D eigenvalue weighted by Gasteiger charge is 2.60. The van der Waals surface area contributed by atoms with Crippen LogP contribution in [0.1, 0.15) is 131 Å². The Bertz CT molecular complexity index is 969. The number of hydrogen-bond donors (Lipinski definition) is 4. The van der Waals surface area contributed by atoms with E-state index >= 15 is 0 Å². The van der Waals surface area contributed by atoms with E-state index in [2.05, 4.69) is 63.4 Å². The Hall–Kier alpha value is -1.13. The third-order valence-electron chi connectivity index (χ3n) is 13.7. The molecule has 6 nitrogen and oxygen atoms in total. The van der Waals surface area contributed by atoms with E-state index in [-0.39, 0.29) is 23.9 Å². The van der Waals surface area contributed by atoms with E-state index in [0.717, 1.165) is 75.8 Å². The summed E-state index contributed by atoms with van der Waals surface area (Å²) in [5, 5.41) is 11.1. The second-order valence-corrected chi connectivity index (χ2v) is 17.0. The van der Waals surface area contributed by atoms with Crippen molar-refractivity contribution in [3.05, 3.63) is 0 Å². The zero-order chi connectivity index (χ0) is 33.3. The fourth-order valence-electron chi connectivity index (χ4n) is 11.5. The van der Waals surface area contributed by atoms with Crippen LogP contribution in [0.4, 0.5) is 0 Å². The molecule has 0 spiro atoms. The molecular formula is C40H73N5O. The first-order chi connectivity index (χ1) is 22.1. The lowest BCUT2D eigenvalue weighted by Crippen LogP contribution is -2.55. The second-order valence-electron chi connectivity index (χ2n) is 17.0. The largest absolute Gasteiger partial charge is 0.338 e. The average Bonchev–Trinajstić information content (AvgIpc) is 3.37. The highest BCUT2D eigenvalue weighted by Crippen LogP contribution is 2.68. The zero-order valence-electron chi connectivity index (χ0n) is 30.8. The van der Waals surface area contributed by atoms with Crippen LogP contribution in [0, 0.1) is 58.7 Å². The Morgan fingerprint density at radius 2 is 1.48 bits per heavy atom. The summed E-state index contributed by atoms with van der Waals surface area (Å²) >= 11 is 0. The summed E-state index contributed by atoms with van der Waals surface area (Å²) in [4.78, 5) is 15.3. The molecular weight excluding hydrogens is 566 g/mol. The molecule has 0 aromatic rings. The fourth-order valence-corrected chi connectivity index (χ4v) is 11.5. The van der Waals surface area contributed by atoms with Crippen molar-refractivity contribution >= 4 is 5.91 Å². The van der Waals surface area contributed by atoms with Crippen LogP contribution in [0.25, 0.3) is 0 Å². The summed E-state index contributed by atoms with van der Waals surface area (Å²) < 4.78 is 0. The van der Waals surface area contributed by atoms with E-state index < -0.39 is 0 Å². The number of carbonyl (C=O) groups is 1. The van der Waals surface area contributed by atoms with Gasteiger partial charge in [-0.05, 0) is 191 Å². The molecule has 6 heteroatoms. The van der Waals surface area contributed by atoms with Crippen LogP contribution in [-0.2, 0) is 4.79 Å². The standard InChI is InChI=1S/C40H73N5O/c1-8-31(12-17-38(46)45(29(2)3)30(4)5)35-15-16-36-34-14-13-32-28-33(18-20-39(32,6)37(34)19-21-40(35,36)7)44-27-11-26-43-25-10-24-42-23-9-22-41/h1,29-37,42-44H,9-28,41H2,2-7H3/t31-,32?,33+,34?,35-,36?,37?,39+,40-/m1/s1. The molecule has 264 valence electrons. The van der Waals surface area contributed by atoms with E-state index in [0.29, 0.717) is 29.2 Å². The molecule has 4 aliphatic rings. The van der Waals surface area contributed by atoms with Gasteiger partial charge in [-0.25, -0.2) is 0 Å². The quantitative estimate of drug-likeness (QED) is 0.101. The summed E-state index contributed by atoms with van der Waals surface area (Å²) in [7, 11) is 0. The maximum Gasteiger partial charge on any atom is 0.223 e. The van der Waals surface area contributed by atoms with Crippen molar-refractivity contribution in [3.8, 4) is 12.3 Å². The molecule has 0 aromatic carbocycles. The zero-order valence-corrected chi connectivity index (χ0v) is 30.8. The van der Waals surface area contributed by atoms with E-state index in [1.807, 2.05) is 4.90 Å². The van der Waals surface area contributed by atoms with Crippen LogP contribution in [0.2, 0.25) is 0 Å². The molecule has 0 aliphatic heterocycles. The minimum absolute atomic E-state index is 0.226. The maximum absolute atomic E-state index is 13.2. The molecule has 4 aliphatic carbocycles. The predicted octanol–water partition coefficient (Wildman–Crippen LogP) is 6.59. The van der Waals surface area contributed by atoms with Gasteiger partial charge in [0.05, 0.1) is 0 Å². The Kier molecular flexibility index (Phi) is 14.3. The number of nitrogens with two attached hydrogens (primary N) is 1. The van der Waals surface area contributed by atoms with Gasteiger partial charge in [-0.3, -0.25) is 4.79 Å². The fraction of sp³-hybridized carbons (Fsp3) is 0.925. The number of hydrogen-bond acceptors (Lipinski definition) is 5. The number of amides is 1. The van der Waals surface area contributed by atoms with Crippen molar-refractivity contribution in [1.82, 2.24) is 20.9 Å². The van der Waals surface area contributed by atoms with Gasteiger partial charge in [0.2, 0.25) is 5.91 Å². The molecule has 0 bridgehead atoms. The summed E-state index contributed by atoms with van der Waals surface area (Å²) in [5.41, 5.74) is 6.40. The van der Waals surface area contributed by atoms with Gasteiger partial charge in [0.15, 0.2) is 0 Å². The van der Waals surface area contributed by atoms with Crippen LogP contribution < -0.4 is 21.7 Å². The predicted molar refractivity (Wildman–Crippen MR) is 194 cm³/mol. The molecule has 0 saturated heterocycles. The van der Waals surface area contributed by atoms with Crippen LogP contribution in [0.15, 0.2) is 0 Å². The van der Waals surface area contributed by atoms with Gasteiger partial charge in [-0.1, -0.05) is 13.8 Å². The van der Waals surface area contributed by atoms with Crippen molar-refractivity contribution < 1.29 is 4.79 Å². The minimum Gasteiger partial charge on any atom is -0.338 e. The van der Waals surface area contributed by atoms with E-state index in [1.54, 1.807) is 0 Å². The Morgan fingerprint density at radius 1 is 0.848 bits per heavy atom. The van der Waals surface area contributed by atoms with Crippen molar-refractivity contribution in [2.45, 2.75) is 150 Å². The first kappa shape index (κ1) is 37.7. The van der Waals surface area contributed by atoms with E-state index in [1.165, 1.54) is 70.6 Å². The molecule has 5 N–H and O–H groups in total. The SMILES string of the molecule is C#C[C@H](CCC(=O)N(C(C)C)C(C)C)[C@H]1CCC2C3CCC4C[C@@H](NCCCNCCCNCCCN)CC[C@]4(C)C3CC[C@@]21C. The van der Waals surface area contributed by atoms with Crippen molar-refractivity contribution in [2.24, 2.45) is 52.1 Å². The Labute approximate surface area is 284 Å². The van der Waals surface area contributed by atoms with Crippen LogP contribution in [0.3, 0.4) is 0 Å². The second kappa shape index (κ2) is 17.5. The highest BCUT2D eigenvalue weighted by molar-refractivity contribution is 5.76. The summed E-state index contributed by atoms with van der Waals surface area (Å²) in [6.45, 7) is 20.1. The molecule has 1 amide bonds. The number of carbonyl (C=O) groups excluding carboxylic acids is 1. The molecule has 4 saturated carbocycles. The van der Waals surface area contributed by atoms with Crippen LogP contribution in [0.5, 0.6) is 0 Å². The van der Waals surface area contributed by atoms with Crippen molar-refractivity contribution in [3.63, 3.8) is 0 Å². The Balaban J connectivity index is 1.23. The van der Waals surface area contributed by atoms with E-state index in [4.69, 9.17) is 12.2 Å². The molecule has 4 fully saturated rings. The molecule has 0 heterocycles. The van der Waals surface area contributed by atoms with Crippen LogP contribution in [-0.4, -0.2) is 68.2 Å². The molecule has 46 heavy (non-hydrogen) atoms. The monoisotopic (exact) mass is 640 g/mol. The maximum atomic E-state index is 13.2. The first-order valence-corrected chi connectivity index (χ1v) is 19.7. The average molecular weight is 640 g/mol. The van der Waals surface area contributed by atoms with Gasteiger partial charge in [0.1, 0.15) is 0 Å². The third kappa shape index (κ3) is 8.71. The topological polar surface area (TPSA) is 82.4 Å². The normalized spacial score (nSPS) is 34.5. The number of terminal acetylenes is 1. The van der Waals surface area contributed by atoms with Crippen LogP contribution >= 0.6 is 0 Å². The third-order valence-corrected chi connectivity index (χ3v) is 13.7. The molecule has 0 aromatic heterocycles. The van der Waals surface area contributed by atoms with Gasteiger partial charge in [-0.2, -0.15) is 0 Å². The summed E-state index contributed by atoms with van der Waals surface area (Å²) in [6, 6.07) is 1.17. The van der Waals surface area contributed by atoms with Crippen molar-refractivity contribution in [2.75, 3.05) is 39.3 Å². The lowest BCUT2D eigenvalue weighted by Gasteiger charge is -2.61. The smallest absolute Gasteiger partial charge is 0.223 e. The van der Waals surface area contributed by atoms with Gasteiger partial charge < -0.3 is 26.6 Å². The minimum atomic E-state index is 0.226. The highest BCUT2D eigenvalue weighted by atomic mass is 16.2. The first-order valence-electron chi connectivity index (χ1n) is 19.7. The summed E-state index contributed by atoms with van der Waals surface area (Å²) in [5.74, 6) is 7.75. The lowest BCUT2D eigenvalue weighted by atomic mass is 9.44. The number of nitrogens with zero attached hydrogens (tertiary/aromatic N) is 1. The molecule has 0 radical (unpaired) electrons. The van der Waals surface area contributed by atoms with Crippen molar-refractivity contribution in [1.29, 1.82) is 0 Å². The van der Waals surface area contributed by atoms with Gasteiger partial charge >= 0.3 is 0 Å². The number of nitrogens with one attached hydrogen (secondary N) is 3. The van der Waals surface area contributed by atoms with E-state index in [9.17, 15) is 4.79 Å². The number of rotatable bonds is 18. The molecule has 4 rings (SSSR count). The molecule has 4 unspecified atom stereocenters. The van der Waals surface area contributed by atoms with Gasteiger partial charge in [0, 0.05) is 30.5 Å². The Morgan fingerprint density at radius 3 is 2.13 bits per heavy atom.